The molecule has 1 fully saturated rings. The van der Waals surface area contributed by atoms with Crippen LogP contribution in [0.2, 0.25) is 0 Å². The summed E-state index contributed by atoms with van der Waals surface area (Å²) in [6, 6.07) is 11.8. The first kappa shape index (κ1) is 18.1. The smallest absolute Gasteiger partial charge is 0.264 e. The summed E-state index contributed by atoms with van der Waals surface area (Å²) in [5.41, 5.74) is 1.05. The molecule has 27 heavy (non-hydrogen) atoms. The van der Waals surface area contributed by atoms with E-state index < -0.39 is 0 Å². The van der Waals surface area contributed by atoms with Crippen LogP contribution in [0.25, 0.3) is 10.2 Å². The Labute approximate surface area is 165 Å². The molecule has 2 amide bonds. The van der Waals surface area contributed by atoms with Crippen LogP contribution in [0.4, 0.5) is 5.00 Å². The lowest BCUT2D eigenvalue weighted by Gasteiger charge is -2.34. The Hall–Kier alpha value is -2.29. The van der Waals surface area contributed by atoms with Crippen LogP contribution in [0.15, 0.2) is 36.4 Å². The number of fused-ring (bicyclic) bond motifs is 1. The molecule has 0 bridgehead atoms. The van der Waals surface area contributed by atoms with Crippen molar-refractivity contribution >= 4 is 49.7 Å². The Bertz CT molecular complexity index is 940. The number of hydrogen-bond acceptors (Lipinski definition) is 6. The Balaban J connectivity index is 1.33. The van der Waals surface area contributed by atoms with Gasteiger partial charge in [-0.15, -0.1) is 22.7 Å². The Kier molecular flexibility index (Phi) is 5.20. The molecule has 1 aliphatic heterocycles. The molecule has 0 unspecified atom stereocenters. The van der Waals surface area contributed by atoms with Gasteiger partial charge >= 0.3 is 0 Å². The number of anilines is 1. The summed E-state index contributed by atoms with van der Waals surface area (Å²) >= 11 is 3.06. The van der Waals surface area contributed by atoms with Crippen LogP contribution in [0.3, 0.4) is 0 Å². The van der Waals surface area contributed by atoms with E-state index in [1.807, 2.05) is 23.1 Å². The summed E-state index contributed by atoms with van der Waals surface area (Å²) in [5, 5.41) is 4.55. The Morgan fingerprint density at radius 2 is 1.85 bits per heavy atom. The quantitative estimate of drug-likeness (QED) is 0.730. The number of thiazole rings is 1. The second-order valence-electron chi connectivity index (χ2n) is 6.49. The summed E-state index contributed by atoms with van der Waals surface area (Å²) < 4.78 is 1.22. The lowest BCUT2D eigenvalue weighted by molar-refractivity contribution is -0.114. The van der Waals surface area contributed by atoms with Gasteiger partial charge in [0.15, 0.2) is 0 Å². The van der Waals surface area contributed by atoms with Crippen LogP contribution < -0.4 is 5.32 Å². The van der Waals surface area contributed by atoms with E-state index in [0.29, 0.717) is 23.0 Å². The normalized spacial score (nSPS) is 15.2. The first-order valence-corrected chi connectivity index (χ1v) is 10.5. The molecule has 1 saturated heterocycles. The highest BCUT2D eigenvalue weighted by molar-refractivity contribution is 7.18. The number of carbonyl (C=O) groups is 2. The average molecular weight is 401 g/mol. The van der Waals surface area contributed by atoms with Crippen LogP contribution in [-0.2, 0) is 11.3 Å². The lowest BCUT2D eigenvalue weighted by Crippen LogP contribution is -2.48. The highest BCUT2D eigenvalue weighted by Gasteiger charge is 2.24. The second-order valence-corrected chi connectivity index (χ2v) is 8.69. The fourth-order valence-electron chi connectivity index (χ4n) is 3.14. The number of benzene rings is 1. The molecule has 4 rings (SSSR count). The molecular formula is C19H20N4O2S2. The fourth-order valence-corrected chi connectivity index (χ4v) is 5.07. The number of para-hydroxylation sites is 1. The van der Waals surface area contributed by atoms with Gasteiger partial charge in [-0.1, -0.05) is 12.1 Å². The number of thiophene rings is 1. The molecule has 140 valence electrons. The van der Waals surface area contributed by atoms with Gasteiger partial charge in [0.1, 0.15) is 5.01 Å². The molecule has 8 heteroatoms. The summed E-state index contributed by atoms with van der Waals surface area (Å²) in [6.45, 7) is 5.38. The van der Waals surface area contributed by atoms with Gasteiger partial charge in [-0.2, -0.15) is 0 Å². The predicted molar refractivity (Wildman–Crippen MR) is 109 cm³/mol. The maximum Gasteiger partial charge on any atom is 0.264 e. The predicted octanol–water partition coefficient (Wildman–Crippen LogP) is 3.27. The van der Waals surface area contributed by atoms with Crippen LogP contribution >= 0.6 is 22.7 Å². The third kappa shape index (κ3) is 4.18. The molecule has 1 aliphatic rings. The van der Waals surface area contributed by atoms with E-state index in [9.17, 15) is 9.59 Å². The van der Waals surface area contributed by atoms with Gasteiger partial charge < -0.3 is 10.2 Å². The summed E-state index contributed by atoms with van der Waals surface area (Å²) in [6.07, 6.45) is 0. The number of rotatable bonds is 4. The van der Waals surface area contributed by atoms with E-state index in [4.69, 9.17) is 4.98 Å². The molecule has 3 aromatic rings. The van der Waals surface area contributed by atoms with Crippen LogP contribution in [0.5, 0.6) is 0 Å². The van der Waals surface area contributed by atoms with Gasteiger partial charge in [-0.05, 0) is 24.3 Å². The lowest BCUT2D eigenvalue weighted by atomic mass is 10.3. The molecule has 1 aromatic carbocycles. The molecular weight excluding hydrogens is 380 g/mol. The Morgan fingerprint density at radius 1 is 1.07 bits per heavy atom. The van der Waals surface area contributed by atoms with Crippen LogP contribution in [0, 0.1) is 0 Å². The molecule has 1 N–H and O–H groups in total. The first-order valence-electron chi connectivity index (χ1n) is 8.82. The number of hydrogen-bond donors (Lipinski definition) is 1. The van der Waals surface area contributed by atoms with Crippen LogP contribution in [-0.4, -0.2) is 52.8 Å². The number of piperazine rings is 1. The highest BCUT2D eigenvalue weighted by atomic mass is 32.1. The number of nitrogens with one attached hydrogen (secondary N) is 1. The van der Waals surface area contributed by atoms with E-state index in [1.165, 1.54) is 23.0 Å². The van der Waals surface area contributed by atoms with Gasteiger partial charge in [0.05, 0.1) is 26.6 Å². The van der Waals surface area contributed by atoms with Gasteiger partial charge in [-0.3, -0.25) is 14.5 Å². The highest BCUT2D eigenvalue weighted by Crippen LogP contribution is 2.25. The molecule has 0 spiro atoms. The van der Waals surface area contributed by atoms with E-state index in [2.05, 4.69) is 16.3 Å². The number of amides is 2. The molecule has 0 atom stereocenters. The number of nitrogens with zero attached hydrogens (tertiary/aromatic N) is 3. The van der Waals surface area contributed by atoms with E-state index in [1.54, 1.807) is 23.5 Å². The van der Waals surface area contributed by atoms with E-state index in [-0.39, 0.29) is 11.8 Å². The molecule has 0 saturated carbocycles. The fraction of sp³-hybridized carbons (Fsp3) is 0.316. The van der Waals surface area contributed by atoms with Gasteiger partial charge in [-0.25, -0.2) is 4.98 Å². The minimum absolute atomic E-state index is 0.0382. The van der Waals surface area contributed by atoms with Crippen molar-refractivity contribution in [2.75, 3.05) is 31.5 Å². The van der Waals surface area contributed by atoms with Crippen molar-refractivity contribution < 1.29 is 9.59 Å². The Morgan fingerprint density at radius 3 is 2.59 bits per heavy atom. The summed E-state index contributed by atoms with van der Waals surface area (Å²) in [7, 11) is 0. The third-order valence-electron chi connectivity index (χ3n) is 4.47. The van der Waals surface area contributed by atoms with Crippen molar-refractivity contribution in [1.82, 2.24) is 14.8 Å². The minimum atomic E-state index is -0.126. The zero-order chi connectivity index (χ0) is 18.8. The van der Waals surface area contributed by atoms with Gasteiger partial charge in [0.2, 0.25) is 5.91 Å². The minimum Gasteiger partial charge on any atom is -0.335 e. The zero-order valence-corrected chi connectivity index (χ0v) is 16.6. The van der Waals surface area contributed by atoms with Crippen LogP contribution in [0.1, 0.15) is 21.6 Å². The molecule has 2 aromatic heterocycles. The molecule has 6 nitrogen and oxygen atoms in total. The molecule has 3 heterocycles. The van der Waals surface area contributed by atoms with Crippen molar-refractivity contribution in [2.45, 2.75) is 13.5 Å². The summed E-state index contributed by atoms with van der Waals surface area (Å²) in [4.78, 5) is 33.4. The monoisotopic (exact) mass is 400 g/mol. The van der Waals surface area contributed by atoms with Crippen molar-refractivity contribution in [2.24, 2.45) is 0 Å². The van der Waals surface area contributed by atoms with Crippen molar-refractivity contribution in [1.29, 1.82) is 0 Å². The largest absolute Gasteiger partial charge is 0.335 e. The maximum absolute atomic E-state index is 12.7. The first-order chi connectivity index (χ1) is 13.1. The molecule has 0 radical (unpaired) electrons. The second kappa shape index (κ2) is 7.75. The third-order valence-corrected chi connectivity index (χ3v) is 6.48. The number of carbonyl (C=O) groups excluding carboxylic acids is 2. The van der Waals surface area contributed by atoms with Gasteiger partial charge in [0, 0.05) is 33.1 Å². The zero-order valence-electron chi connectivity index (χ0n) is 15.0. The standard InChI is InChI=1S/C19H20N4O2S2/c1-13(24)20-17-7-6-16(27-17)19(25)23-10-8-22(9-11-23)12-18-21-14-4-2-3-5-15(14)26-18/h2-7H,8-12H2,1H3,(H,20,24). The maximum atomic E-state index is 12.7. The van der Waals surface area contributed by atoms with Crippen molar-refractivity contribution in [3.05, 3.63) is 46.3 Å². The van der Waals surface area contributed by atoms with E-state index in [0.717, 1.165) is 30.2 Å². The molecule has 0 aliphatic carbocycles. The van der Waals surface area contributed by atoms with Crippen molar-refractivity contribution in [3.8, 4) is 0 Å². The van der Waals surface area contributed by atoms with E-state index >= 15 is 0 Å². The van der Waals surface area contributed by atoms with Crippen molar-refractivity contribution in [3.63, 3.8) is 0 Å². The number of aromatic nitrogens is 1. The SMILES string of the molecule is CC(=O)Nc1ccc(C(=O)N2CCN(Cc3nc4ccccc4s3)CC2)s1. The topological polar surface area (TPSA) is 65.5 Å². The van der Waals surface area contributed by atoms with Gasteiger partial charge in [0.25, 0.3) is 5.91 Å². The average Bonchev–Trinajstić information content (AvgIpc) is 3.27. The summed E-state index contributed by atoms with van der Waals surface area (Å²) in [5.74, 6) is -0.0875.